The van der Waals surface area contributed by atoms with Gasteiger partial charge in [-0.1, -0.05) is 26.2 Å². The minimum Gasteiger partial charge on any atom is -0.390 e. The molecule has 3 nitrogen and oxygen atoms in total. The van der Waals surface area contributed by atoms with Crippen LogP contribution in [0.1, 0.15) is 46.5 Å². The standard InChI is InChI=1S/C11H22O3/c1-4-5-6-7-9(12)10-8-13-11(2,3)14-10/h9-10,12H,4-8H2,1-3H3/t9-,10-/m1/s1. The van der Waals surface area contributed by atoms with Crippen molar-refractivity contribution in [1.82, 2.24) is 0 Å². The Balaban J connectivity index is 2.22. The molecule has 0 saturated carbocycles. The fourth-order valence-corrected chi connectivity index (χ4v) is 1.69. The SMILES string of the molecule is CCCCC[C@@H](O)[C@H]1COC(C)(C)O1. The highest BCUT2D eigenvalue weighted by atomic mass is 16.7. The van der Waals surface area contributed by atoms with Crippen molar-refractivity contribution in [2.75, 3.05) is 6.61 Å². The summed E-state index contributed by atoms with van der Waals surface area (Å²) < 4.78 is 11.0. The number of hydrogen-bond acceptors (Lipinski definition) is 3. The van der Waals surface area contributed by atoms with E-state index in [0.29, 0.717) is 6.61 Å². The number of hydrogen-bond donors (Lipinski definition) is 1. The first-order valence-electron chi connectivity index (χ1n) is 5.55. The lowest BCUT2D eigenvalue weighted by atomic mass is 10.1. The Bertz CT molecular complexity index is 168. The van der Waals surface area contributed by atoms with Gasteiger partial charge in [-0.2, -0.15) is 0 Å². The van der Waals surface area contributed by atoms with E-state index in [9.17, 15) is 5.11 Å². The highest BCUT2D eigenvalue weighted by Gasteiger charge is 2.36. The first-order chi connectivity index (χ1) is 6.55. The Morgan fingerprint density at radius 2 is 2.14 bits per heavy atom. The molecule has 0 spiro atoms. The molecule has 84 valence electrons. The fraction of sp³-hybridized carbons (Fsp3) is 1.00. The molecule has 14 heavy (non-hydrogen) atoms. The predicted molar refractivity (Wildman–Crippen MR) is 55.1 cm³/mol. The van der Waals surface area contributed by atoms with Gasteiger partial charge in [0.05, 0.1) is 12.7 Å². The molecule has 0 radical (unpaired) electrons. The molecule has 0 amide bonds. The van der Waals surface area contributed by atoms with Crippen molar-refractivity contribution in [3.63, 3.8) is 0 Å². The maximum Gasteiger partial charge on any atom is 0.163 e. The van der Waals surface area contributed by atoms with Gasteiger partial charge >= 0.3 is 0 Å². The van der Waals surface area contributed by atoms with Crippen molar-refractivity contribution >= 4 is 0 Å². The topological polar surface area (TPSA) is 38.7 Å². The highest BCUT2D eigenvalue weighted by Crippen LogP contribution is 2.25. The monoisotopic (exact) mass is 202 g/mol. The molecule has 0 aliphatic carbocycles. The Labute approximate surface area is 86.4 Å². The molecular weight excluding hydrogens is 180 g/mol. The van der Waals surface area contributed by atoms with Crippen molar-refractivity contribution in [3.05, 3.63) is 0 Å². The number of unbranched alkanes of at least 4 members (excludes halogenated alkanes) is 2. The summed E-state index contributed by atoms with van der Waals surface area (Å²) >= 11 is 0. The van der Waals surface area contributed by atoms with Crippen LogP contribution in [0.3, 0.4) is 0 Å². The lowest BCUT2D eigenvalue weighted by Crippen LogP contribution is -2.30. The third-order valence-corrected chi connectivity index (χ3v) is 2.56. The molecule has 1 rings (SSSR count). The van der Waals surface area contributed by atoms with Gasteiger partial charge in [-0.15, -0.1) is 0 Å². The molecule has 2 atom stereocenters. The van der Waals surface area contributed by atoms with E-state index in [0.717, 1.165) is 12.8 Å². The number of aliphatic hydroxyl groups is 1. The van der Waals surface area contributed by atoms with Crippen molar-refractivity contribution in [2.45, 2.75) is 64.4 Å². The summed E-state index contributed by atoms with van der Waals surface area (Å²) in [4.78, 5) is 0. The zero-order valence-corrected chi connectivity index (χ0v) is 9.45. The van der Waals surface area contributed by atoms with Crippen LogP contribution in [0.2, 0.25) is 0 Å². The lowest BCUT2D eigenvalue weighted by molar-refractivity contribution is -0.151. The summed E-state index contributed by atoms with van der Waals surface area (Å²) in [5.41, 5.74) is 0. The molecule has 1 aliphatic rings. The van der Waals surface area contributed by atoms with E-state index < -0.39 is 5.79 Å². The maximum atomic E-state index is 9.80. The molecule has 1 N–H and O–H groups in total. The van der Waals surface area contributed by atoms with Crippen molar-refractivity contribution in [2.24, 2.45) is 0 Å². The van der Waals surface area contributed by atoms with E-state index in [1.54, 1.807) is 0 Å². The summed E-state index contributed by atoms with van der Waals surface area (Å²) in [6.07, 6.45) is 3.73. The third kappa shape index (κ3) is 3.56. The summed E-state index contributed by atoms with van der Waals surface area (Å²) in [7, 11) is 0. The molecule has 0 bridgehead atoms. The average Bonchev–Trinajstić information content (AvgIpc) is 2.46. The van der Waals surface area contributed by atoms with Crippen LogP contribution in [0.25, 0.3) is 0 Å². The largest absolute Gasteiger partial charge is 0.390 e. The van der Waals surface area contributed by atoms with E-state index in [1.807, 2.05) is 13.8 Å². The first-order valence-corrected chi connectivity index (χ1v) is 5.55. The van der Waals surface area contributed by atoms with Gasteiger partial charge in [0.25, 0.3) is 0 Å². The Morgan fingerprint density at radius 1 is 1.43 bits per heavy atom. The van der Waals surface area contributed by atoms with E-state index in [1.165, 1.54) is 12.8 Å². The van der Waals surface area contributed by atoms with Gasteiger partial charge in [-0.05, 0) is 20.3 Å². The summed E-state index contributed by atoms with van der Waals surface area (Å²) in [5, 5.41) is 9.80. The minimum absolute atomic E-state index is 0.137. The number of aliphatic hydroxyl groups excluding tert-OH is 1. The highest BCUT2D eigenvalue weighted by molar-refractivity contribution is 4.77. The van der Waals surface area contributed by atoms with Gasteiger partial charge in [0, 0.05) is 0 Å². The normalized spacial score (nSPS) is 27.9. The van der Waals surface area contributed by atoms with Crippen LogP contribution < -0.4 is 0 Å². The van der Waals surface area contributed by atoms with E-state index in [-0.39, 0.29) is 12.2 Å². The van der Waals surface area contributed by atoms with E-state index in [2.05, 4.69) is 6.92 Å². The Hall–Kier alpha value is -0.120. The predicted octanol–water partition coefficient (Wildman–Crippen LogP) is 2.08. The second kappa shape index (κ2) is 5.10. The molecule has 0 aromatic carbocycles. The quantitative estimate of drug-likeness (QED) is 0.694. The Morgan fingerprint density at radius 3 is 2.64 bits per heavy atom. The average molecular weight is 202 g/mol. The van der Waals surface area contributed by atoms with Crippen molar-refractivity contribution < 1.29 is 14.6 Å². The van der Waals surface area contributed by atoms with Gasteiger partial charge in [-0.25, -0.2) is 0 Å². The van der Waals surface area contributed by atoms with Gasteiger partial charge in [0.2, 0.25) is 0 Å². The first kappa shape index (κ1) is 12.0. The van der Waals surface area contributed by atoms with Crippen LogP contribution in [0.15, 0.2) is 0 Å². The second-order valence-corrected chi connectivity index (χ2v) is 4.43. The van der Waals surface area contributed by atoms with Gasteiger partial charge < -0.3 is 14.6 Å². The Kier molecular flexibility index (Phi) is 4.35. The molecule has 0 aromatic heterocycles. The van der Waals surface area contributed by atoms with Crippen LogP contribution in [-0.4, -0.2) is 29.7 Å². The molecule has 0 aromatic rings. The van der Waals surface area contributed by atoms with Gasteiger partial charge in [-0.3, -0.25) is 0 Å². The maximum absolute atomic E-state index is 9.80. The molecular formula is C11H22O3. The van der Waals surface area contributed by atoms with Crippen LogP contribution in [0.4, 0.5) is 0 Å². The zero-order valence-electron chi connectivity index (χ0n) is 9.45. The van der Waals surface area contributed by atoms with Crippen LogP contribution in [-0.2, 0) is 9.47 Å². The minimum atomic E-state index is -0.517. The van der Waals surface area contributed by atoms with E-state index in [4.69, 9.17) is 9.47 Å². The third-order valence-electron chi connectivity index (χ3n) is 2.56. The molecule has 1 fully saturated rings. The number of ether oxygens (including phenoxy) is 2. The fourth-order valence-electron chi connectivity index (χ4n) is 1.69. The molecule has 0 unspecified atom stereocenters. The summed E-state index contributed by atoms with van der Waals surface area (Å²) in [5.74, 6) is -0.517. The second-order valence-electron chi connectivity index (χ2n) is 4.43. The lowest BCUT2D eigenvalue weighted by Gasteiger charge is -2.20. The number of rotatable bonds is 5. The van der Waals surface area contributed by atoms with Crippen molar-refractivity contribution in [1.29, 1.82) is 0 Å². The van der Waals surface area contributed by atoms with E-state index >= 15 is 0 Å². The van der Waals surface area contributed by atoms with Gasteiger partial charge in [0.1, 0.15) is 6.10 Å². The van der Waals surface area contributed by atoms with Crippen LogP contribution >= 0.6 is 0 Å². The van der Waals surface area contributed by atoms with Crippen LogP contribution in [0, 0.1) is 0 Å². The molecule has 1 aliphatic heterocycles. The summed E-state index contributed by atoms with van der Waals surface area (Å²) in [6.45, 7) is 6.43. The van der Waals surface area contributed by atoms with Crippen molar-refractivity contribution in [3.8, 4) is 0 Å². The smallest absolute Gasteiger partial charge is 0.163 e. The summed E-state index contributed by atoms with van der Waals surface area (Å²) in [6, 6.07) is 0. The molecule has 1 saturated heterocycles. The van der Waals surface area contributed by atoms with Crippen LogP contribution in [0.5, 0.6) is 0 Å². The zero-order chi connectivity index (χ0) is 10.6. The van der Waals surface area contributed by atoms with Gasteiger partial charge in [0.15, 0.2) is 5.79 Å². The molecule has 1 heterocycles. The molecule has 3 heteroatoms.